The Morgan fingerprint density at radius 3 is 2.81 bits per heavy atom. The summed E-state index contributed by atoms with van der Waals surface area (Å²) in [5.41, 5.74) is 1.09. The summed E-state index contributed by atoms with van der Waals surface area (Å²) in [5.74, 6) is 1.04. The van der Waals surface area contributed by atoms with Crippen LogP contribution in [0.3, 0.4) is 0 Å². The van der Waals surface area contributed by atoms with E-state index in [2.05, 4.69) is 15.9 Å². The molecule has 88 valence electrons. The molecule has 0 radical (unpaired) electrons. The molecule has 3 heteroatoms. The van der Waals surface area contributed by atoms with E-state index in [1.54, 1.807) is 0 Å². The standard InChI is InChI=1S/C13H17BrO2/c1-9(8-15)12-7-10(14)5-6-13(12)16-11-3-2-4-11/h5-7,9,11,15H,2-4,8H2,1H3. The highest BCUT2D eigenvalue weighted by molar-refractivity contribution is 9.10. The average Bonchev–Trinajstić information content (AvgIpc) is 2.23. The second-order valence-electron chi connectivity index (χ2n) is 4.44. The maximum Gasteiger partial charge on any atom is 0.123 e. The van der Waals surface area contributed by atoms with E-state index in [1.807, 2.05) is 25.1 Å². The summed E-state index contributed by atoms with van der Waals surface area (Å²) in [6, 6.07) is 6.01. The minimum atomic E-state index is 0.118. The Kier molecular flexibility index (Phi) is 3.87. The Balaban J connectivity index is 2.20. The van der Waals surface area contributed by atoms with E-state index in [-0.39, 0.29) is 12.5 Å². The molecule has 0 aromatic heterocycles. The average molecular weight is 285 g/mol. The zero-order valence-electron chi connectivity index (χ0n) is 9.45. The van der Waals surface area contributed by atoms with Crippen LogP contribution < -0.4 is 4.74 Å². The van der Waals surface area contributed by atoms with E-state index in [0.29, 0.717) is 6.10 Å². The van der Waals surface area contributed by atoms with Crippen LogP contribution in [0.1, 0.15) is 37.7 Å². The molecule has 1 unspecified atom stereocenters. The number of halogens is 1. The fourth-order valence-corrected chi connectivity index (χ4v) is 2.16. The minimum Gasteiger partial charge on any atom is -0.490 e. The summed E-state index contributed by atoms with van der Waals surface area (Å²) in [6.07, 6.45) is 3.96. The lowest BCUT2D eigenvalue weighted by atomic mass is 9.95. The van der Waals surface area contributed by atoms with Crippen LogP contribution in [0, 0.1) is 0 Å². The van der Waals surface area contributed by atoms with Gasteiger partial charge >= 0.3 is 0 Å². The Hall–Kier alpha value is -0.540. The molecule has 1 atom stereocenters. The molecule has 0 saturated heterocycles. The van der Waals surface area contributed by atoms with Crippen LogP contribution in [0.4, 0.5) is 0 Å². The van der Waals surface area contributed by atoms with Crippen LogP contribution in [0.2, 0.25) is 0 Å². The Bertz CT molecular complexity index is 361. The first-order valence-electron chi connectivity index (χ1n) is 5.77. The van der Waals surface area contributed by atoms with Crippen molar-refractivity contribution in [3.8, 4) is 5.75 Å². The Morgan fingerprint density at radius 2 is 2.25 bits per heavy atom. The monoisotopic (exact) mass is 284 g/mol. The van der Waals surface area contributed by atoms with Crippen molar-refractivity contribution in [2.75, 3.05) is 6.61 Å². The maximum atomic E-state index is 9.24. The molecule has 0 aliphatic heterocycles. The first kappa shape index (κ1) is 11.9. The third-order valence-corrected chi connectivity index (χ3v) is 3.62. The summed E-state index contributed by atoms with van der Waals surface area (Å²) in [5, 5.41) is 9.24. The highest BCUT2D eigenvalue weighted by atomic mass is 79.9. The number of aliphatic hydroxyl groups is 1. The van der Waals surface area contributed by atoms with Gasteiger partial charge < -0.3 is 9.84 Å². The van der Waals surface area contributed by atoms with Crippen molar-refractivity contribution < 1.29 is 9.84 Å². The van der Waals surface area contributed by atoms with Crippen molar-refractivity contribution in [2.45, 2.75) is 38.2 Å². The molecule has 1 N–H and O–H groups in total. The number of ether oxygens (including phenoxy) is 1. The number of hydrogen-bond acceptors (Lipinski definition) is 2. The van der Waals surface area contributed by atoms with Gasteiger partial charge in [0.1, 0.15) is 5.75 Å². The van der Waals surface area contributed by atoms with Gasteiger partial charge in [-0.2, -0.15) is 0 Å². The number of hydrogen-bond donors (Lipinski definition) is 1. The molecule has 0 heterocycles. The van der Waals surface area contributed by atoms with E-state index in [0.717, 1.165) is 28.6 Å². The van der Waals surface area contributed by atoms with Gasteiger partial charge in [0.25, 0.3) is 0 Å². The van der Waals surface area contributed by atoms with Crippen molar-refractivity contribution in [1.82, 2.24) is 0 Å². The summed E-state index contributed by atoms with van der Waals surface area (Å²) < 4.78 is 6.96. The third-order valence-electron chi connectivity index (χ3n) is 3.12. The number of aliphatic hydroxyl groups excluding tert-OH is 1. The normalized spacial score (nSPS) is 17.9. The molecule has 1 aromatic carbocycles. The number of rotatable bonds is 4. The molecule has 0 amide bonds. The van der Waals surface area contributed by atoms with E-state index >= 15 is 0 Å². The van der Waals surface area contributed by atoms with E-state index in [9.17, 15) is 5.11 Å². The van der Waals surface area contributed by atoms with E-state index in [4.69, 9.17) is 4.74 Å². The molecule has 2 nitrogen and oxygen atoms in total. The first-order valence-corrected chi connectivity index (χ1v) is 6.57. The van der Waals surface area contributed by atoms with Crippen molar-refractivity contribution in [2.24, 2.45) is 0 Å². The van der Waals surface area contributed by atoms with Crippen LogP contribution in [0.5, 0.6) is 5.75 Å². The van der Waals surface area contributed by atoms with Gasteiger partial charge in [0.05, 0.1) is 6.10 Å². The largest absolute Gasteiger partial charge is 0.490 e. The first-order chi connectivity index (χ1) is 7.70. The lowest BCUT2D eigenvalue weighted by molar-refractivity contribution is 0.118. The van der Waals surface area contributed by atoms with Crippen LogP contribution in [0.15, 0.2) is 22.7 Å². The van der Waals surface area contributed by atoms with Crippen molar-refractivity contribution in [1.29, 1.82) is 0 Å². The molecule has 1 aliphatic rings. The molecule has 0 bridgehead atoms. The van der Waals surface area contributed by atoms with E-state index in [1.165, 1.54) is 6.42 Å². The van der Waals surface area contributed by atoms with Crippen molar-refractivity contribution in [3.63, 3.8) is 0 Å². The van der Waals surface area contributed by atoms with Gasteiger partial charge in [0.15, 0.2) is 0 Å². The van der Waals surface area contributed by atoms with Crippen LogP contribution in [0.25, 0.3) is 0 Å². The Labute approximate surface area is 105 Å². The molecule has 1 saturated carbocycles. The third kappa shape index (κ3) is 2.58. The van der Waals surface area contributed by atoms with E-state index < -0.39 is 0 Å². The molecule has 1 fully saturated rings. The topological polar surface area (TPSA) is 29.5 Å². The van der Waals surface area contributed by atoms with Crippen LogP contribution in [-0.4, -0.2) is 17.8 Å². The predicted molar refractivity (Wildman–Crippen MR) is 67.9 cm³/mol. The molecular weight excluding hydrogens is 268 g/mol. The van der Waals surface area contributed by atoms with Crippen molar-refractivity contribution in [3.05, 3.63) is 28.2 Å². The molecule has 1 aromatic rings. The van der Waals surface area contributed by atoms with Gasteiger partial charge in [-0.05, 0) is 37.5 Å². The van der Waals surface area contributed by atoms with Crippen LogP contribution >= 0.6 is 15.9 Å². The summed E-state index contributed by atoms with van der Waals surface area (Å²) >= 11 is 3.45. The zero-order chi connectivity index (χ0) is 11.5. The molecule has 0 spiro atoms. The molecule has 16 heavy (non-hydrogen) atoms. The molecule has 2 rings (SSSR count). The minimum absolute atomic E-state index is 0.118. The summed E-state index contributed by atoms with van der Waals surface area (Å²) in [7, 11) is 0. The van der Waals surface area contributed by atoms with Gasteiger partial charge in [-0.25, -0.2) is 0 Å². The second kappa shape index (κ2) is 5.19. The maximum absolute atomic E-state index is 9.24. The predicted octanol–water partition coefficient (Wildman–Crippen LogP) is 3.48. The fourth-order valence-electron chi connectivity index (χ4n) is 1.78. The second-order valence-corrected chi connectivity index (χ2v) is 5.35. The van der Waals surface area contributed by atoms with Gasteiger partial charge in [-0.1, -0.05) is 22.9 Å². The quantitative estimate of drug-likeness (QED) is 0.917. The molecule has 1 aliphatic carbocycles. The lowest BCUT2D eigenvalue weighted by Gasteiger charge is -2.28. The summed E-state index contributed by atoms with van der Waals surface area (Å²) in [4.78, 5) is 0. The highest BCUT2D eigenvalue weighted by Crippen LogP contribution is 2.33. The van der Waals surface area contributed by atoms with Gasteiger partial charge in [0, 0.05) is 22.6 Å². The fraction of sp³-hybridized carbons (Fsp3) is 0.538. The highest BCUT2D eigenvalue weighted by Gasteiger charge is 2.21. The van der Waals surface area contributed by atoms with Gasteiger partial charge in [0.2, 0.25) is 0 Å². The zero-order valence-corrected chi connectivity index (χ0v) is 11.0. The van der Waals surface area contributed by atoms with Crippen LogP contribution in [-0.2, 0) is 0 Å². The Morgan fingerprint density at radius 1 is 1.50 bits per heavy atom. The smallest absolute Gasteiger partial charge is 0.123 e. The van der Waals surface area contributed by atoms with Gasteiger partial charge in [-0.3, -0.25) is 0 Å². The molecular formula is C13H17BrO2. The number of benzene rings is 1. The summed E-state index contributed by atoms with van der Waals surface area (Å²) in [6.45, 7) is 2.16. The lowest BCUT2D eigenvalue weighted by Crippen LogP contribution is -2.25. The van der Waals surface area contributed by atoms with Gasteiger partial charge in [-0.15, -0.1) is 0 Å². The SMILES string of the molecule is CC(CO)c1cc(Br)ccc1OC1CCC1. The van der Waals surface area contributed by atoms with Crippen molar-refractivity contribution >= 4 is 15.9 Å².